The van der Waals surface area contributed by atoms with Crippen LogP contribution in [-0.4, -0.2) is 50.3 Å². The highest BCUT2D eigenvalue weighted by Crippen LogP contribution is 2.35. The summed E-state index contributed by atoms with van der Waals surface area (Å²) in [6.07, 6.45) is 0.226. The molecule has 180 valence electrons. The number of carboxylic acids is 1. The van der Waals surface area contributed by atoms with Crippen molar-refractivity contribution in [1.29, 1.82) is 0 Å². The van der Waals surface area contributed by atoms with Crippen molar-refractivity contribution in [3.05, 3.63) is 77.3 Å². The van der Waals surface area contributed by atoms with Crippen LogP contribution in [0.15, 0.2) is 66.7 Å². The lowest BCUT2D eigenvalue weighted by atomic mass is 10.1. The maximum absolute atomic E-state index is 11.0. The van der Waals surface area contributed by atoms with Gasteiger partial charge in [0.1, 0.15) is 34.9 Å². The van der Waals surface area contributed by atoms with Crippen molar-refractivity contribution in [2.24, 2.45) is 0 Å². The highest BCUT2D eigenvalue weighted by Gasteiger charge is 2.18. The molecule has 0 aliphatic carbocycles. The van der Waals surface area contributed by atoms with E-state index in [1.807, 2.05) is 48.5 Å². The summed E-state index contributed by atoms with van der Waals surface area (Å²) < 4.78 is 22.6. The van der Waals surface area contributed by atoms with E-state index in [1.54, 1.807) is 44.4 Å². The van der Waals surface area contributed by atoms with Crippen LogP contribution in [0, 0.1) is 0 Å². The predicted molar refractivity (Wildman–Crippen MR) is 131 cm³/mol. The monoisotopic (exact) mass is 485 g/mol. The Morgan fingerprint density at radius 1 is 0.912 bits per heavy atom. The largest absolute Gasteiger partial charge is 0.497 e. The van der Waals surface area contributed by atoms with Gasteiger partial charge in [0, 0.05) is 19.0 Å². The number of ether oxygens (including phenoxy) is 4. The molecule has 1 unspecified atom stereocenters. The number of halogens is 1. The molecule has 0 radical (unpaired) electrons. The summed E-state index contributed by atoms with van der Waals surface area (Å²) in [5.74, 6) is 2.34. The van der Waals surface area contributed by atoms with Gasteiger partial charge in [-0.25, -0.2) is 0 Å². The van der Waals surface area contributed by atoms with Crippen LogP contribution in [-0.2, 0) is 4.79 Å². The van der Waals surface area contributed by atoms with Crippen LogP contribution in [0.25, 0.3) is 0 Å². The Kier molecular flexibility index (Phi) is 9.01. The number of likely N-dealkylation sites (N-methyl/N-ethyl adjacent to an activating group) is 1. The maximum Gasteiger partial charge on any atom is 0.317 e. The van der Waals surface area contributed by atoms with Crippen LogP contribution in [0.1, 0.15) is 18.1 Å². The van der Waals surface area contributed by atoms with Gasteiger partial charge in [-0.2, -0.15) is 0 Å². The molecule has 3 rings (SSSR count). The Bertz CT molecular complexity index is 1070. The maximum atomic E-state index is 11.0. The van der Waals surface area contributed by atoms with Gasteiger partial charge in [-0.05, 0) is 61.1 Å². The summed E-state index contributed by atoms with van der Waals surface area (Å²) in [7, 11) is 4.98. The van der Waals surface area contributed by atoms with Gasteiger partial charge >= 0.3 is 5.97 Å². The van der Waals surface area contributed by atoms with Crippen molar-refractivity contribution in [3.63, 3.8) is 0 Å². The fourth-order valence-electron chi connectivity index (χ4n) is 3.33. The number of carbonyl (C=O) groups is 1. The van der Waals surface area contributed by atoms with Crippen LogP contribution in [0.3, 0.4) is 0 Å². The van der Waals surface area contributed by atoms with Gasteiger partial charge in [0.25, 0.3) is 0 Å². The van der Waals surface area contributed by atoms with E-state index in [2.05, 4.69) is 0 Å². The molecule has 0 aromatic heterocycles. The second-order valence-corrected chi connectivity index (χ2v) is 8.08. The molecular formula is C26H28ClNO6. The Morgan fingerprint density at radius 3 is 2.03 bits per heavy atom. The molecular weight excluding hydrogens is 458 g/mol. The number of hydrogen-bond acceptors (Lipinski definition) is 6. The van der Waals surface area contributed by atoms with Crippen LogP contribution in [0.5, 0.6) is 28.7 Å². The van der Waals surface area contributed by atoms with Crippen molar-refractivity contribution in [2.75, 3.05) is 34.4 Å². The van der Waals surface area contributed by atoms with Crippen molar-refractivity contribution in [2.45, 2.75) is 12.5 Å². The average molecular weight is 486 g/mol. The van der Waals surface area contributed by atoms with Gasteiger partial charge in [-0.15, -0.1) is 0 Å². The summed E-state index contributed by atoms with van der Waals surface area (Å²) >= 11 is 6.52. The van der Waals surface area contributed by atoms with Gasteiger partial charge in [0.05, 0.1) is 25.8 Å². The molecule has 8 heteroatoms. The minimum Gasteiger partial charge on any atom is -0.497 e. The minimum atomic E-state index is -0.875. The lowest BCUT2D eigenvalue weighted by Crippen LogP contribution is -2.28. The Morgan fingerprint density at radius 2 is 1.47 bits per heavy atom. The van der Waals surface area contributed by atoms with Gasteiger partial charge in [0.15, 0.2) is 0 Å². The van der Waals surface area contributed by atoms with Crippen molar-refractivity contribution < 1.29 is 28.8 Å². The van der Waals surface area contributed by atoms with Gasteiger partial charge in [-0.3, -0.25) is 9.69 Å². The second kappa shape index (κ2) is 12.2. The Hall–Kier alpha value is -3.42. The van der Waals surface area contributed by atoms with Crippen molar-refractivity contribution >= 4 is 17.6 Å². The summed E-state index contributed by atoms with van der Waals surface area (Å²) in [5, 5.41) is 9.44. The summed E-state index contributed by atoms with van der Waals surface area (Å²) in [6.45, 7) is 0.479. The van der Waals surface area contributed by atoms with E-state index in [4.69, 9.17) is 35.7 Å². The van der Waals surface area contributed by atoms with E-state index in [1.165, 1.54) is 0 Å². The van der Waals surface area contributed by atoms with Crippen LogP contribution in [0.2, 0.25) is 5.02 Å². The SMILES string of the molecule is COc1ccc(Oc2ccc(OC(CCN(C)CC(=O)O)c3ccc(OC)cc3)c(Cl)c2)cc1. The zero-order valence-corrected chi connectivity index (χ0v) is 20.1. The Balaban J connectivity index is 1.74. The number of benzene rings is 3. The molecule has 1 atom stereocenters. The third-order valence-corrected chi connectivity index (χ3v) is 5.43. The number of hydrogen-bond donors (Lipinski definition) is 1. The smallest absolute Gasteiger partial charge is 0.317 e. The average Bonchev–Trinajstić information content (AvgIpc) is 2.83. The van der Waals surface area contributed by atoms with Crippen LogP contribution in [0.4, 0.5) is 0 Å². The summed E-state index contributed by atoms with van der Waals surface area (Å²) in [6, 6.07) is 20.1. The zero-order valence-electron chi connectivity index (χ0n) is 19.4. The molecule has 1 N–H and O–H groups in total. The fourth-order valence-corrected chi connectivity index (χ4v) is 3.55. The molecule has 3 aromatic rings. The third kappa shape index (κ3) is 7.30. The molecule has 0 saturated carbocycles. The summed E-state index contributed by atoms with van der Waals surface area (Å²) in [4.78, 5) is 12.7. The molecule has 0 bridgehead atoms. The predicted octanol–water partition coefficient (Wildman–Crippen LogP) is 5.68. The van der Waals surface area contributed by atoms with E-state index in [0.29, 0.717) is 35.2 Å². The number of methoxy groups -OCH3 is 2. The molecule has 0 spiro atoms. The summed E-state index contributed by atoms with van der Waals surface area (Å²) in [5.41, 5.74) is 0.930. The minimum absolute atomic E-state index is 0.0481. The molecule has 0 aliphatic heterocycles. The van der Waals surface area contributed by atoms with E-state index >= 15 is 0 Å². The quantitative estimate of drug-likeness (QED) is 0.354. The lowest BCUT2D eigenvalue weighted by Gasteiger charge is -2.23. The van der Waals surface area contributed by atoms with Gasteiger partial charge in [-0.1, -0.05) is 23.7 Å². The fraction of sp³-hybridized carbons (Fsp3) is 0.269. The number of aliphatic carboxylic acids is 1. The zero-order chi connectivity index (χ0) is 24.5. The third-order valence-electron chi connectivity index (χ3n) is 5.13. The molecule has 7 nitrogen and oxygen atoms in total. The standard InChI is InChI=1S/C26H28ClNO6/c1-28(17-26(29)30)15-14-24(18-4-6-19(31-2)7-5-18)34-25-13-12-22(16-23(25)27)33-21-10-8-20(32-3)9-11-21/h4-13,16,24H,14-15,17H2,1-3H3,(H,29,30). The first-order chi connectivity index (χ1) is 16.4. The molecule has 0 heterocycles. The highest BCUT2D eigenvalue weighted by atomic mass is 35.5. The highest BCUT2D eigenvalue weighted by molar-refractivity contribution is 6.32. The van der Waals surface area contributed by atoms with Crippen molar-refractivity contribution in [3.8, 4) is 28.7 Å². The number of nitrogens with zero attached hydrogens (tertiary/aromatic N) is 1. The van der Waals surface area contributed by atoms with Gasteiger partial charge < -0.3 is 24.1 Å². The van der Waals surface area contributed by atoms with Crippen LogP contribution < -0.4 is 18.9 Å². The second-order valence-electron chi connectivity index (χ2n) is 7.67. The molecule has 34 heavy (non-hydrogen) atoms. The first-order valence-electron chi connectivity index (χ1n) is 10.7. The first kappa shape index (κ1) is 25.2. The topological polar surface area (TPSA) is 77.5 Å². The number of rotatable bonds is 12. The molecule has 3 aromatic carbocycles. The first-order valence-corrected chi connectivity index (χ1v) is 11.1. The normalized spacial score (nSPS) is 11.7. The number of carboxylic acid groups (broad SMARTS) is 1. The lowest BCUT2D eigenvalue weighted by molar-refractivity contribution is -0.138. The molecule has 0 fully saturated rings. The molecule has 0 aliphatic rings. The van der Waals surface area contributed by atoms with Crippen LogP contribution >= 0.6 is 11.6 Å². The van der Waals surface area contributed by atoms with E-state index in [0.717, 1.165) is 17.1 Å². The van der Waals surface area contributed by atoms with E-state index < -0.39 is 5.97 Å². The van der Waals surface area contributed by atoms with E-state index in [-0.39, 0.29) is 12.6 Å². The van der Waals surface area contributed by atoms with Gasteiger partial charge in [0.2, 0.25) is 0 Å². The van der Waals surface area contributed by atoms with Crippen molar-refractivity contribution in [1.82, 2.24) is 4.90 Å². The Labute approximate surface area is 204 Å². The molecule has 0 amide bonds. The molecule has 0 saturated heterocycles. The van der Waals surface area contributed by atoms with E-state index in [9.17, 15) is 4.79 Å².